The van der Waals surface area contributed by atoms with E-state index in [1.165, 1.54) is 12.1 Å². The molecule has 3 N–H and O–H groups in total. The Balaban J connectivity index is 2.99. The highest BCUT2D eigenvalue weighted by Gasteiger charge is 2.22. The number of hydrogen-bond donors (Lipinski definition) is 2. The van der Waals surface area contributed by atoms with Gasteiger partial charge in [-0.1, -0.05) is 13.8 Å². The van der Waals surface area contributed by atoms with E-state index in [0.29, 0.717) is 12.3 Å². The normalized spacial score (nSPS) is 11.8. The minimum atomic E-state index is -0.629. The molecule has 1 amide bonds. The molecular formula is C14H18N4O3. The van der Waals surface area contributed by atoms with Crippen LogP contribution in [0.4, 0.5) is 11.4 Å². The summed E-state index contributed by atoms with van der Waals surface area (Å²) in [6.07, 6.45) is 0.604. The second-order valence-corrected chi connectivity index (χ2v) is 5.15. The Morgan fingerprint density at radius 2 is 2.19 bits per heavy atom. The van der Waals surface area contributed by atoms with Gasteiger partial charge in [0.1, 0.15) is 5.69 Å². The zero-order valence-electron chi connectivity index (χ0n) is 12.0. The smallest absolute Gasteiger partial charge is 0.294 e. The first-order valence-electron chi connectivity index (χ1n) is 6.58. The van der Waals surface area contributed by atoms with Crippen LogP contribution < -0.4 is 11.1 Å². The Morgan fingerprint density at radius 3 is 2.67 bits per heavy atom. The maximum atomic E-state index is 12.1. The molecule has 0 radical (unpaired) electrons. The van der Waals surface area contributed by atoms with Crippen LogP contribution >= 0.6 is 0 Å². The zero-order valence-corrected chi connectivity index (χ0v) is 12.0. The molecule has 112 valence electrons. The van der Waals surface area contributed by atoms with Crippen molar-refractivity contribution in [2.24, 2.45) is 17.6 Å². The molecule has 1 atom stereocenters. The molecule has 21 heavy (non-hydrogen) atoms. The van der Waals surface area contributed by atoms with Crippen LogP contribution in [0.2, 0.25) is 0 Å². The Labute approximate surface area is 122 Å². The van der Waals surface area contributed by atoms with Crippen molar-refractivity contribution in [2.45, 2.75) is 20.3 Å². The summed E-state index contributed by atoms with van der Waals surface area (Å²) < 4.78 is 0. The molecular weight excluding hydrogens is 272 g/mol. The van der Waals surface area contributed by atoms with Crippen LogP contribution in [0.3, 0.4) is 0 Å². The van der Waals surface area contributed by atoms with Crippen LogP contribution in [0.15, 0.2) is 18.2 Å². The number of nitriles is 1. The van der Waals surface area contributed by atoms with Gasteiger partial charge in [0.2, 0.25) is 5.91 Å². The molecule has 0 saturated carbocycles. The lowest BCUT2D eigenvalue weighted by Gasteiger charge is -2.16. The monoisotopic (exact) mass is 290 g/mol. The number of nitrogens with one attached hydrogen (secondary N) is 1. The third-order valence-electron chi connectivity index (χ3n) is 2.99. The third kappa shape index (κ3) is 4.54. The number of nitrogens with zero attached hydrogens (tertiary/aromatic N) is 2. The van der Waals surface area contributed by atoms with Gasteiger partial charge in [0.25, 0.3) is 5.69 Å². The maximum Gasteiger partial charge on any atom is 0.294 e. The summed E-state index contributed by atoms with van der Waals surface area (Å²) in [5.74, 6) is -0.459. The maximum absolute atomic E-state index is 12.1. The molecule has 1 rings (SSSR count). The highest BCUT2D eigenvalue weighted by molar-refractivity contribution is 5.95. The topological polar surface area (TPSA) is 122 Å². The van der Waals surface area contributed by atoms with Crippen LogP contribution in [0.25, 0.3) is 0 Å². The second-order valence-electron chi connectivity index (χ2n) is 5.15. The lowest BCUT2D eigenvalue weighted by atomic mass is 9.96. The van der Waals surface area contributed by atoms with Crippen LogP contribution in [0.5, 0.6) is 0 Å². The molecule has 7 heteroatoms. The van der Waals surface area contributed by atoms with Gasteiger partial charge in [0.15, 0.2) is 0 Å². The van der Waals surface area contributed by atoms with Crippen molar-refractivity contribution in [2.75, 3.05) is 11.9 Å². The number of benzene rings is 1. The van der Waals surface area contributed by atoms with Crippen molar-refractivity contribution in [1.82, 2.24) is 0 Å². The minimum Gasteiger partial charge on any atom is -0.330 e. The molecule has 0 saturated heterocycles. The molecule has 0 fully saturated rings. The van der Waals surface area contributed by atoms with Crippen LogP contribution in [0, 0.1) is 33.3 Å². The Morgan fingerprint density at radius 1 is 1.52 bits per heavy atom. The van der Waals surface area contributed by atoms with Crippen molar-refractivity contribution >= 4 is 17.3 Å². The summed E-state index contributed by atoms with van der Waals surface area (Å²) in [5, 5.41) is 22.3. The predicted octanol–water partition coefficient (Wildman–Crippen LogP) is 2.03. The Kier molecular flexibility index (Phi) is 5.81. The third-order valence-corrected chi connectivity index (χ3v) is 2.99. The number of amides is 1. The summed E-state index contributed by atoms with van der Waals surface area (Å²) in [5.41, 5.74) is 5.52. The number of hydrogen-bond acceptors (Lipinski definition) is 5. The van der Waals surface area contributed by atoms with E-state index in [-0.39, 0.29) is 29.4 Å². The first-order valence-corrected chi connectivity index (χ1v) is 6.58. The van der Waals surface area contributed by atoms with Crippen LogP contribution in [-0.2, 0) is 4.79 Å². The SMILES string of the molecule is CC(C)CC(CN)C(=O)Nc1ccc(C#N)cc1[N+](=O)[O-]. The molecule has 0 aliphatic carbocycles. The van der Waals surface area contributed by atoms with Gasteiger partial charge < -0.3 is 11.1 Å². The summed E-state index contributed by atoms with van der Waals surface area (Å²) in [6.45, 7) is 4.12. The summed E-state index contributed by atoms with van der Waals surface area (Å²) in [7, 11) is 0. The van der Waals surface area contributed by atoms with E-state index in [1.54, 1.807) is 0 Å². The van der Waals surface area contributed by atoms with Gasteiger partial charge in [-0.3, -0.25) is 14.9 Å². The van der Waals surface area contributed by atoms with E-state index < -0.39 is 10.8 Å². The second kappa shape index (κ2) is 7.36. The average Bonchev–Trinajstić information content (AvgIpc) is 2.44. The molecule has 0 aliphatic heterocycles. The van der Waals surface area contributed by atoms with Crippen molar-refractivity contribution in [3.8, 4) is 6.07 Å². The van der Waals surface area contributed by atoms with Crippen molar-refractivity contribution in [3.63, 3.8) is 0 Å². The molecule has 1 aromatic rings. The van der Waals surface area contributed by atoms with Crippen LogP contribution in [-0.4, -0.2) is 17.4 Å². The van der Waals surface area contributed by atoms with Crippen molar-refractivity contribution in [1.29, 1.82) is 5.26 Å². The summed E-state index contributed by atoms with van der Waals surface area (Å²) >= 11 is 0. The Hall–Kier alpha value is -2.46. The first kappa shape index (κ1) is 16.6. The number of carbonyl (C=O) groups excluding carboxylic acids is 1. The fraction of sp³-hybridized carbons (Fsp3) is 0.429. The Bertz CT molecular complexity index is 578. The zero-order chi connectivity index (χ0) is 16.0. The van der Waals surface area contributed by atoms with Crippen molar-refractivity contribution < 1.29 is 9.72 Å². The number of nitro groups is 1. The number of nitrogens with two attached hydrogens (primary N) is 1. The number of rotatable bonds is 6. The van der Waals surface area contributed by atoms with E-state index in [9.17, 15) is 14.9 Å². The van der Waals surface area contributed by atoms with Gasteiger partial charge in [-0.05, 0) is 24.5 Å². The van der Waals surface area contributed by atoms with Gasteiger partial charge in [-0.2, -0.15) is 5.26 Å². The minimum absolute atomic E-state index is 0.0752. The van der Waals surface area contributed by atoms with E-state index in [0.717, 1.165) is 6.07 Å². The van der Waals surface area contributed by atoms with Gasteiger partial charge in [0, 0.05) is 12.6 Å². The lowest BCUT2D eigenvalue weighted by Crippen LogP contribution is -2.30. The fourth-order valence-corrected chi connectivity index (χ4v) is 1.97. The number of carbonyl (C=O) groups is 1. The van der Waals surface area contributed by atoms with E-state index in [2.05, 4.69) is 5.32 Å². The number of nitro benzene ring substituents is 1. The number of anilines is 1. The quantitative estimate of drug-likeness (QED) is 0.613. The average molecular weight is 290 g/mol. The summed E-state index contributed by atoms with van der Waals surface area (Å²) in [6, 6.07) is 5.74. The van der Waals surface area contributed by atoms with Gasteiger partial charge in [-0.25, -0.2) is 0 Å². The molecule has 0 spiro atoms. The van der Waals surface area contributed by atoms with Gasteiger partial charge in [-0.15, -0.1) is 0 Å². The molecule has 1 unspecified atom stereocenters. The largest absolute Gasteiger partial charge is 0.330 e. The van der Waals surface area contributed by atoms with Crippen molar-refractivity contribution in [3.05, 3.63) is 33.9 Å². The standard InChI is InChI=1S/C14H18N4O3/c1-9(2)5-11(8-16)14(19)17-12-4-3-10(7-15)6-13(12)18(20)21/h3-4,6,9,11H,5,8,16H2,1-2H3,(H,17,19). The first-order chi connectivity index (χ1) is 9.88. The molecule has 1 aromatic carbocycles. The van der Waals surface area contributed by atoms with E-state index >= 15 is 0 Å². The predicted molar refractivity (Wildman–Crippen MR) is 78.4 cm³/mol. The fourth-order valence-electron chi connectivity index (χ4n) is 1.97. The lowest BCUT2D eigenvalue weighted by molar-refractivity contribution is -0.384. The molecule has 0 aliphatic rings. The van der Waals surface area contributed by atoms with E-state index in [1.807, 2.05) is 19.9 Å². The molecule has 0 heterocycles. The highest BCUT2D eigenvalue weighted by Crippen LogP contribution is 2.26. The molecule has 7 nitrogen and oxygen atoms in total. The van der Waals surface area contributed by atoms with Crippen LogP contribution in [0.1, 0.15) is 25.8 Å². The van der Waals surface area contributed by atoms with Gasteiger partial charge in [0.05, 0.1) is 22.5 Å². The van der Waals surface area contributed by atoms with Gasteiger partial charge >= 0.3 is 0 Å². The molecule has 0 bridgehead atoms. The highest BCUT2D eigenvalue weighted by atomic mass is 16.6. The van der Waals surface area contributed by atoms with E-state index in [4.69, 9.17) is 11.0 Å². The summed E-state index contributed by atoms with van der Waals surface area (Å²) in [4.78, 5) is 22.5. The molecule has 0 aromatic heterocycles.